The van der Waals surface area contributed by atoms with E-state index in [0.29, 0.717) is 6.42 Å². The molecule has 0 fully saturated rings. The number of rotatable bonds is 3. The molecule has 0 atom stereocenters. The van der Waals surface area contributed by atoms with Gasteiger partial charge in [0.25, 0.3) is 0 Å². The molecule has 0 spiro atoms. The molecule has 0 aromatic heterocycles. The molecule has 1 aliphatic rings. The van der Waals surface area contributed by atoms with Crippen molar-refractivity contribution in [1.29, 1.82) is 0 Å². The van der Waals surface area contributed by atoms with E-state index in [1.807, 2.05) is 12.1 Å². The maximum atomic E-state index is 11.2. The molecule has 0 aliphatic carbocycles. The number of nitrogens with one attached hydrogen (secondary N) is 1. The maximum Gasteiger partial charge on any atom is 0.228 e. The molecule has 1 aromatic rings. The molecule has 1 aromatic carbocycles. The molecule has 1 amide bonds. The molecule has 74 valence electrons. The SMILES string of the molecule is CCCCc1cccc2c1CC(=O)N2. The van der Waals surface area contributed by atoms with Gasteiger partial charge in [0.15, 0.2) is 0 Å². The first-order valence-electron chi connectivity index (χ1n) is 5.22. The molecule has 1 aliphatic heterocycles. The maximum absolute atomic E-state index is 11.2. The van der Waals surface area contributed by atoms with Crippen LogP contribution in [0.15, 0.2) is 18.2 Å². The number of amides is 1. The zero-order valence-electron chi connectivity index (χ0n) is 8.47. The lowest BCUT2D eigenvalue weighted by Gasteiger charge is -2.05. The number of aryl methyl sites for hydroxylation is 1. The van der Waals surface area contributed by atoms with Crippen LogP contribution in [0.3, 0.4) is 0 Å². The van der Waals surface area contributed by atoms with Gasteiger partial charge in [-0.05, 0) is 30.0 Å². The van der Waals surface area contributed by atoms with E-state index in [4.69, 9.17) is 0 Å². The lowest BCUT2D eigenvalue weighted by molar-refractivity contribution is -0.115. The van der Waals surface area contributed by atoms with Crippen LogP contribution >= 0.6 is 0 Å². The Hall–Kier alpha value is -1.31. The van der Waals surface area contributed by atoms with Crippen molar-refractivity contribution < 1.29 is 4.79 Å². The average Bonchev–Trinajstić information content (AvgIpc) is 2.55. The molecule has 0 saturated heterocycles. The zero-order chi connectivity index (χ0) is 9.97. The molecule has 0 unspecified atom stereocenters. The van der Waals surface area contributed by atoms with E-state index in [2.05, 4.69) is 18.3 Å². The standard InChI is InChI=1S/C12H15NO/c1-2-3-5-9-6-4-7-11-10(9)8-12(14)13-11/h4,6-7H,2-3,5,8H2,1H3,(H,13,14). The molecule has 1 heterocycles. The second-order valence-corrected chi connectivity index (χ2v) is 3.77. The molecule has 1 N–H and O–H groups in total. The number of anilines is 1. The first-order valence-corrected chi connectivity index (χ1v) is 5.22. The molecule has 0 radical (unpaired) electrons. The number of fused-ring (bicyclic) bond motifs is 1. The third-order valence-electron chi connectivity index (χ3n) is 2.68. The first kappa shape index (κ1) is 9.25. The summed E-state index contributed by atoms with van der Waals surface area (Å²) in [6.07, 6.45) is 4.06. The lowest BCUT2D eigenvalue weighted by Crippen LogP contribution is -2.03. The minimum absolute atomic E-state index is 0.129. The predicted octanol–water partition coefficient (Wildman–Crippen LogP) is 2.52. The second kappa shape index (κ2) is 3.82. The predicted molar refractivity (Wildman–Crippen MR) is 57.4 cm³/mol. The van der Waals surface area contributed by atoms with Crippen LogP contribution in [-0.2, 0) is 17.6 Å². The Bertz CT molecular complexity index is 357. The van der Waals surface area contributed by atoms with Gasteiger partial charge in [0, 0.05) is 5.69 Å². The van der Waals surface area contributed by atoms with Crippen LogP contribution in [0.1, 0.15) is 30.9 Å². The molecular formula is C12H15NO. The molecule has 0 bridgehead atoms. The Labute approximate surface area is 84.3 Å². The zero-order valence-corrected chi connectivity index (χ0v) is 8.47. The monoisotopic (exact) mass is 189 g/mol. The highest BCUT2D eigenvalue weighted by Gasteiger charge is 2.19. The van der Waals surface area contributed by atoms with Gasteiger partial charge in [0.2, 0.25) is 5.91 Å². The fourth-order valence-electron chi connectivity index (χ4n) is 1.92. The van der Waals surface area contributed by atoms with Crippen molar-refractivity contribution >= 4 is 11.6 Å². The normalized spacial score (nSPS) is 13.9. The van der Waals surface area contributed by atoms with Crippen molar-refractivity contribution in [3.05, 3.63) is 29.3 Å². The van der Waals surface area contributed by atoms with E-state index in [-0.39, 0.29) is 5.91 Å². The Morgan fingerprint density at radius 1 is 1.43 bits per heavy atom. The largest absolute Gasteiger partial charge is 0.326 e. The summed E-state index contributed by atoms with van der Waals surface area (Å²) in [6.45, 7) is 2.19. The fraction of sp³-hybridized carbons (Fsp3) is 0.417. The van der Waals surface area contributed by atoms with Gasteiger partial charge in [-0.3, -0.25) is 4.79 Å². The number of hydrogen-bond donors (Lipinski definition) is 1. The Kier molecular flexibility index (Phi) is 2.53. The number of carbonyl (C=O) groups is 1. The van der Waals surface area contributed by atoms with Gasteiger partial charge in [-0.15, -0.1) is 0 Å². The second-order valence-electron chi connectivity index (χ2n) is 3.77. The van der Waals surface area contributed by atoms with Gasteiger partial charge in [-0.1, -0.05) is 25.5 Å². The highest BCUT2D eigenvalue weighted by Crippen LogP contribution is 2.27. The summed E-state index contributed by atoms with van der Waals surface area (Å²) in [5.74, 6) is 0.129. The first-order chi connectivity index (χ1) is 6.81. The van der Waals surface area contributed by atoms with E-state index >= 15 is 0 Å². The van der Waals surface area contributed by atoms with Crippen molar-refractivity contribution in [1.82, 2.24) is 0 Å². The third-order valence-corrected chi connectivity index (χ3v) is 2.68. The van der Waals surface area contributed by atoms with Crippen molar-refractivity contribution in [2.24, 2.45) is 0 Å². The highest BCUT2D eigenvalue weighted by atomic mass is 16.1. The molecule has 2 rings (SSSR count). The van der Waals surface area contributed by atoms with E-state index in [9.17, 15) is 4.79 Å². The van der Waals surface area contributed by atoms with Gasteiger partial charge >= 0.3 is 0 Å². The van der Waals surface area contributed by atoms with Crippen LogP contribution in [0.4, 0.5) is 5.69 Å². The van der Waals surface area contributed by atoms with Gasteiger partial charge in [-0.25, -0.2) is 0 Å². The van der Waals surface area contributed by atoms with E-state index < -0.39 is 0 Å². The van der Waals surface area contributed by atoms with Gasteiger partial charge in [0.05, 0.1) is 6.42 Å². The lowest BCUT2D eigenvalue weighted by atomic mass is 10.00. The van der Waals surface area contributed by atoms with Crippen LogP contribution in [0, 0.1) is 0 Å². The third kappa shape index (κ3) is 1.65. The van der Waals surface area contributed by atoms with Gasteiger partial charge in [0.1, 0.15) is 0 Å². The summed E-state index contributed by atoms with van der Waals surface area (Å²) >= 11 is 0. The van der Waals surface area contributed by atoms with Crippen LogP contribution in [-0.4, -0.2) is 5.91 Å². The summed E-state index contributed by atoms with van der Waals surface area (Å²) in [5.41, 5.74) is 3.57. The summed E-state index contributed by atoms with van der Waals surface area (Å²) in [5, 5.41) is 2.88. The molecular weight excluding hydrogens is 174 g/mol. The minimum Gasteiger partial charge on any atom is -0.326 e. The minimum atomic E-state index is 0.129. The quantitative estimate of drug-likeness (QED) is 0.777. The average molecular weight is 189 g/mol. The van der Waals surface area contributed by atoms with Crippen molar-refractivity contribution in [2.45, 2.75) is 32.6 Å². The van der Waals surface area contributed by atoms with E-state index in [1.54, 1.807) is 0 Å². The van der Waals surface area contributed by atoms with Gasteiger partial charge < -0.3 is 5.32 Å². The topological polar surface area (TPSA) is 29.1 Å². The Morgan fingerprint density at radius 2 is 2.29 bits per heavy atom. The smallest absolute Gasteiger partial charge is 0.228 e. The van der Waals surface area contributed by atoms with Crippen molar-refractivity contribution in [3.8, 4) is 0 Å². The summed E-state index contributed by atoms with van der Waals surface area (Å²) < 4.78 is 0. The van der Waals surface area contributed by atoms with Crippen LogP contribution in [0.2, 0.25) is 0 Å². The number of unbranched alkanes of at least 4 members (excludes halogenated alkanes) is 1. The van der Waals surface area contributed by atoms with E-state index in [0.717, 1.165) is 12.1 Å². The summed E-state index contributed by atoms with van der Waals surface area (Å²) in [7, 11) is 0. The van der Waals surface area contributed by atoms with E-state index in [1.165, 1.54) is 24.0 Å². The van der Waals surface area contributed by atoms with Crippen LogP contribution < -0.4 is 5.32 Å². The van der Waals surface area contributed by atoms with Crippen molar-refractivity contribution in [2.75, 3.05) is 5.32 Å². The van der Waals surface area contributed by atoms with Crippen LogP contribution in [0.25, 0.3) is 0 Å². The van der Waals surface area contributed by atoms with Crippen LogP contribution in [0.5, 0.6) is 0 Å². The van der Waals surface area contributed by atoms with Crippen molar-refractivity contribution in [3.63, 3.8) is 0 Å². The number of benzene rings is 1. The fourth-order valence-corrected chi connectivity index (χ4v) is 1.92. The Balaban J connectivity index is 2.25. The number of carbonyl (C=O) groups excluding carboxylic acids is 1. The Morgan fingerprint density at radius 3 is 3.07 bits per heavy atom. The summed E-state index contributed by atoms with van der Waals surface area (Å²) in [4.78, 5) is 11.2. The number of hydrogen-bond acceptors (Lipinski definition) is 1. The van der Waals surface area contributed by atoms with Gasteiger partial charge in [-0.2, -0.15) is 0 Å². The highest BCUT2D eigenvalue weighted by molar-refractivity contribution is 5.99. The molecule has 2 nitrogen and oxygen atoms in total. The summed E-state index contributed by atoms with van der Waals surface area (Å²) in [6, 6.07) is 6.14. The molecule has 2 heteroatoms. The molecule has 14 heavy (non-hydrogen) atoms. The molecule has 0 saturated carbocycles.